The first-order valence-corrected chi connectivity index (χ1v) is 5.41. The lowest BCUT2D eigenvalue weighted by molar-refractivity contribution is -0.150. The van der Waals surface area contributed by atoms with Gasteiger partial charge in [0.05, 0.1) is 18.4 Å². The number of carbonyl (C=O) groups is 2. The second-order valence-corrected chi connectivity index (χ2v) is 4.45. The van der Waals surface area contributed by atoms with Gasteiger partial charge in [0.1, 0.15) is 5.76 Å². The van der Waals surface area contributed by atoms with Crippen molar-refractivity contribution in [1.29, 1.82) is 0 Å². The van der Waals surface area contributed by atoms with Crippen molar-refractivity contribution in [2.24, 2.45) is 17.3 Å². The molecule has 0 bridgehead atoms. The maximum Gasteiger partial charge on any atom is 0.311 e. The molecule has 0 heterocycles. The molecule has 0 amide bonds. The fraction of sp³-hybridized carbons (Fsp3) is 0.500. The van der Waals surface area contributed by atoms with Crippen LogP contribution < -0.4 is 0 Å². The van der Waals surface area contributed by atoms with Crippen LogP contribution in [0, 0.1) is 17.3 Å². The van der Waals surface area contributed by atoms with E-state index in [2.05, 4.69) is 0 Å². The summed E-state index contributed by atoms with van der Waals surface area (Å²) >= 11 is 0. The number of carboxylic acids is 2. The predicted molar refractivity (Wildman–Crippen MR) is 58.2 cm³/mol. The van der Waals surface area contributed by atoms with Crippen LogP contribution in [0.5, 0.6) is 0 Å². The lowest BCUT2D eigenvalue weighted by atomic mass is 9.82. The van der Waals surface area contributed by atoms with Crippen molar-refractivity contribution in [2.45, 2.75) is 12.8 Å². The zero-order chi connectivity index (χ0) is 12.6. The van der Waals surface area contributed by atoms with E-state index in [0.717, 1.165) is 0 Å². The smallest absolute Gasteiger partial charge is 0.311 e. The van der Waals surface area contributed by atoms with Crippen molar-refractivity contribution < 1.29 is 24.5 Å². The summed E-state index contributed by atoms with van der Waals surface area (Å²) in [5, 5.41) is 18.2. The van der Waals surface area contributed by atoms with Gasteiger partial charge < -0.3 is 14.9 Å². The average Bonchev–Trinajstić information content (AvgIpc) is 3.06. The molecule has 0 radical (unpaired) electrons. The largest absolute Gasteiger partial charge is 0.497 e. The van der Waals surface area contributed by atoms with Crippen LogP contribution in [0.3, 0.4) is 0 Å². The molecule has 17 heavy (non-hydrogen) atoms. The van der Waals surface area contributed by atoms with E-state index in [1.165, 1.54) is 0 Å². The monoisotopic (exact) mass is 238 g/mol. The second kappa shape index (κ2) is 3.91. The highest BCUT2D eigenvalue weighted by atomic mass is 16.5. The highest BCUT2D eigenvalue weighted by Crippen LogP contribution is 2.60. The predicted octanol–water partition coefficient (Wildman–Crippen LogP) is 1.27. The Morgan fingerprint density at radius 2 is 2.18 bits per heavy atom. The van der Waals surface area contributed by atoms with Crippen LogP contribution in [-0.4, -0.2) is 29.3 Å². The third kappa shape index (κ3) is 1.71. The minimum absolute atomic E-state index is 0.211. The van der Waals surface area contributed by atoms with Gasteiger partial charge in [-0.1, -0.05) is 6.08 Å². The van der Waals surface area contributed by atoms with Gasteiger partial charge in [-0.05, 0) is 30.9 Å². The maximum absolute atomic E-state index is 11.3. The van der Waals surface area contributed by atoms with E-state index in [0.29, 0.717) is 12.2 Å². The fourth-order valence-corrected chi connectivity index (χ4v) is 2.53. The van der Waals surface area contributed by atoms with Gasteiger partial charge in [0.25, 0.3) is 0 Å². The van der Waals surface area contributed by atoms with E-state index in [1.807, 2.05) is 0 Å². The van der Waals surface area contributed by atoms with Gasteiger partial charge in [0, 0.05) is 0 Å². The Labute approximate surface area is 98.4 Å². The first kappa shape index (κ1) is 11.7. The van der Waals surface area contributed by atoms with Gasteiger partial charge in [-0.3, -0.25) is 9.59 Å². The highest BCUT2D eigenvalue weighted by molar-refractivity contribution is 5.90. The SMILES string of the molecule is COC1=CCC(C2(C(=O)O)CC2C(=O)O)C=C1. The number of hydrogen-bond donors (Lipinski definition) is 2. The topological polar surface area (TPSA) is 83.8 Å². The van der Waals surface area contributed by atoms with Crippen LogP contribution in [0.25, 0.3) is 0 Å². The Morgan fingerprint density at radius 3 is 2.53 bits per heavy atom. The summed E-state index contributed by atoms with van der Waals surface area (Å²) in [5.74, 6) is -2.39. The van der Waals surface area contributed by atoms with Crippen molar-refractivity contribution in [1.82, 2.24) is 0 Å². The summed E-state index contributed by atoms with van der Waals surface area (Å²) in [6.07, 6.45) is 5.97. The van der Waals surface area contributed by atoms with Gasteiger partial charge in [-0.25, -0.2) is 0 Å². The van der Waals surface area contributed by atoms with E-state index >= 15 is 0 Å². The van der Waals surface area contributed by atoms with E-state index in [1.54, 1.807) is 25.3 Å². The van der Waals surface area contributed by atoms with Crippen LogP contribution >= 0.6 is 0 Å². The van der Waals surface area contributed by atoms with Crippen LogP contribution in [0.4, 0.5) is 0 Å². The summed E-state index contributed by atoms with van der Waals surface area (Å²) in [5.41, 5.74) is -1.13. The molecule has 0 aromatic heterocycles. The van der Waals surface area contributed by atoms with Gasteiger partial charge in [0.2, 0.25) is 0 Å². The first-order chi connectivity index (χ1) is 8.02. The third-order valence-corrected chi connectivity index (χ3v) is 3.66. The molecule has 2 rings (SSSR count). The molecule has 2 aliphatic carbocycles. The van der Waals surface area contributed by atoms with Crippen molar-refractivity contribution in [3.05, 3.63) is 24.0 Å². The molecule has 3 unspecified atom stereocenters. The minimum Gasteiger partial charge on any atom is -0.497 e. The molecule has 0 aromatic rings. The third-order valence-electron chi connectivity index (χ3n) is 3.66. The van der Waals surface area contributed by atoms with Crippen LogP contribution in [0.15, 0.2) is 24.0 Å². The minimum atomic E-state index is -1.13. The Balaban J connectivity index is 2.17. The standard InChI is InChI=1S/C12H14O5/c1-17-8-4-2-7(3-5-8)12(11(15)16)6-9(12)10(13)14/h2,4-5,7,9H,3,6H2,1H3,(H,13,14)(H,15,16). The number of rotatable bonds is 4. The molecular formula is C12H14O5. The molecule has 1 saturated carbocycles. The summed E-state index contributed by atoms with van der Waals surface area (Å²) in [7, 11) is 1.54. The molecule has 0 spiro atoms. The molecule has 1 fully saturated rings. The fourth-order valence-electron chi connectivity index (χ4n) is 2.53. The molecule has 5 nitrogen and oxygen atoms in total. The summed E-state index contributed by atoms with van der Waals surface area (Å²) in [6.45, 7) is 0. The molecule has 3 atom stereocenters. The summed E-state index contributed by atoms with van der Waals surface area (Å²) < 4.78 is 5.02. The number of carboxylic acid groups (broad SMARTS) is 2. The number of allylic oxidation sites excluding steroid dienone is 3. The lowest BCUT2D eigenvalue weighted by Gasteiger charge is -2.22. The van der Waals surface area contributed by atoms with E-state index in [-0.39, 0.29) is 12.3 Å². The Bertz CT molecular complexity index is 423. The van der Waals surface area contributed by atoms with Gasteiger partial charge in [-0.2, -0.15) is 0 Å². The van der Waals surface area contributed by atoms with E-state index < -0.39 is 23.3 Å². The second-order valence-electron chi connectivity index (χ2n) is 4.45. The number of hydrogen-bond acceptors (Lipinski definition) is 3. The van der Waals surface area contributed by atoms with Crippen molar-refractivity contribution in [3.8, 4) is 0 Å². The average molecular weight is 238 g/mol. The van der Waals surface area contributed by atoms with Crippen molar-refractivity contribution in [3.63, 3.8) is 0 Å². The van der Waals surface area contributed by atoms with Gasteiger partial charge >= 0.3 is 11.9 Å². The quantitative estimate of drug-likeness (QED) is 0.770. The Morgan fingerprint density at radius 1 is 1.47 bits per heavy atom. The van der Waals surface area contributed by atoms with Crippen molar-refractivity contribution in [2.75, 3.05) is 7.11 Å². The van der Waals surface area contributed by atoms with Gasteiger partial charge in [0.15, 0.2) is 0 Å². The zero-order valence-corrected chi connectivity index (χ0v) is 9.42. The number of ether oxygens (including phenoxy) is 1. The van der Waals surface area contributed by atoms with E-state index in [9.17, 15) is 14.7 Å². The molecule has 0 saturated heterocycles. The molecule has 2 aliphatic rings. The zero-order valence-electron chi connectivity index (χ0n) is 9.42. The lowest BCUT2D eigenvalue weighted by Crippen LogP contribution is -2.29. The normalized spacial score (nSPS) is 35.0. The highest BCUT2D eigenvalue weighted by Gasteiger charge is 2.67. The van der Waals surface area contributed by atoms with Crippen LogP contribution in [-0.2, 0) is 14.3 Å². The van der Waals surface area contributed by atoms with Gasteiger partial charge in [-0.15, -0.1) is 0 Å². The number of methoxy groups -OCH3 is 1. The molecule has 2 N–H and O–H groups in total. The van der Waals surface area contributed by atoms with Crippen LogP contribution in [0.1, 0.15) is 12.8 Å². The summed E-state index contributed by atoms with van der Waals surface area (Å²) in [4.78, 5) is 22.2. The molecule has 0 aliphatic heterocycles. The van der Waals surface area contributed by atoms with E-state index in [4.69, 9.17) is 9.84 Å². The number of aliphatic carboxylic acids is 2. The summed E-state index contributed by atoms with van der Waals surface area (Å²) in [6, 6.07) is 0. The molecule has 92 valence electrons. The molecular weight excluding hydrogens is 224 g/mol. The van der Waals surface area contributed by atoms with Crippen LogP contribution in [0.2, 0.25) is 0 Å². The molecule has 5 heteroatoms. The first-order valence-electron chi connectivity index (χ1n) is 5.41. The van der Waals surface area contributed by atoms with Crippen molar-refractivity contribution >= 4 is 11.9 Å². The Kier molecular flexibility index (Phi) is 2.69. The maximum atomic E-state index is 11.3. The Hall–Kier alpha value is -1.78. The molecule has 0 aromatic carbocycles.